The van der Waals surface area contributed by atoms with Crippen molar-refractivity contribution in [2.45, 2.75) is 4.84 Å². The van der Waals surface area contributed by atoms with Crippen LogP contribution in [-0.4, -0.2) is 20.6 Å². The first kappa shape index (κ1) is 13.7. The Kier molecular flexibility index (Phi) is 7.23. The summed E-state index contributed by atoms with van der Waals surface area (Å²) in [5.74, 6) is -1.21. The second-order valence-corrected chi connectivity index (χ2v) is 2.92. The van der Waals surface area contributed by atoms with Gasteiger partial charge >= 0.3 is 5.97 Å². The number of alkyl halides is 2. The van der Waals surface area contributed by atoms with E-state index in [4.69, 9.17) is 46.9 Å². The van der Waals surface area contributed by atoms with E-state index in [0.29, 0.717) is 0 Å². The van der Waals surface area contributed by atoms with Crippen LogP contribution in [0.2, 0.25) is 0 Å². The van der Waals surface area contributed by atoms with Gasteiger partial charge in [0.05, 0.1) is 14.9 Å². The molecule has 0 radical (unpaired) electrons. The number of hydrogen-bond acceptors (Lipinski definition) is 5. The highest BCUT2D eigenvalue weighted by atomic mass is 35.7. The van der Waals surface area contributed by atoms with Crippen molar-refractivity contribution in [3.05, 3.63) is 0 Å². The molecule has 0 saturated heterocycles. The van der Waals surface area contributed by atoms with Gasteiger partial charge in [-0.2, -0.15) is 14.0 Å². The molecule has 0 aliphatic carbocycles. The first-order valence-corrected chi connectivity index (χ1v) is 3.92. The third-order valence-corrected chi connectivity index (χ3v) is 0.560. The zero-order valence-electron chi connectivity index (χ0n) is 4.74. The number of aliphatic carboxylic acids is 1. The molecule has 11 heavy (non-hydrogen) atoms. The van der Waals surface area contributed by atoms with Gasteiger partial charge in [-0.1, -0.05) is 23.2 Å². The van der Waals surface area contributed by atoms with Gasteiger partial charge in [0.25, 0.3) is 0 Å². The van der Waals surface area contributed by atoms with E-state index >= 15 is 0 Å². The zero-order valence-corrected chi connectivity index (χ0v) is 7.01. The Labute approximate surface area is 73.3 Å². The molecule has 0 unspecified atom stereocenters. The molecule has 0 heterocycles. The van der Waals surface area contributed by atoms with Crippen LogP contribution in [0.25, 0.3) is 0 Å². The van der Waals surface area contributed by atoms with Crippen molar-refractivity contribution in [2.75, 3.05) is 0 Å². The van der Waals surface area contributed by atoms with Crippen molar-refractivity contribution in [1.29, 1.82) is 0 Å². The van der Waals surface area contributed by atoms with Crippen molar-refractivity contribution in [1.82, 2.24) is 0 Å². The highest BCUT2D eigenvalue weighted by Gasteiger charge is 2.05. The SMILES string of the molecule is O=C(O)C(Cl)Cl.[O-][Cl+3]([O-])([O-])O. The van der Waals surface area contributed by atoms with Gasteiger partial charge in [0.1, 0.15) is 0 Å². The Morgan fingerprint density at radius 2 is 1.45 bits per heavy atom. The van der Waals surface area contributed by atoms with Crippen LogP contribution >= 0.6 is 23.2 Å². The van der Waals surface area contributed by atoms with Gasteiger partial charge in [-0.3, -0.25) is 0 Å². The van der Waals surface area contributed by atoms with E-state index in [1.165, 1.54) is 0 Å². The summed E-state index contributed by atoms with van der Waals surface area (Å²) in [6.45, 7) is 0. The van der Waals surface area contributed by atoms with Gasteiger partial charge in [0.2, 0.25) is 4.84 Å². The molecule has 0 saturated carbocycles. The minimum Gasteiger partial charge on any atom is -0.479 e. The molecule has 0 bridgehead atoms. The molecule has 0 aromatic rings. The van der Waals surface area contributed by atoms with Gasteiger partial charge in [-0.25, -0.2) is 4.79 Å². The van der Waals surface area contributed by atoms with Gasteiger partial charge < -0.3 is 5.11 Å². The van der Waals surface area contributed by atoms with E-state index in [-0.39, 0.29) is 0 Å². The minimum absolute atomic E-state index is 1.21. The van der Waals surface area contributed by atoms with Crippen LogP contribution in [-0.2, 0) is 4.79 Å². The molecule has 0 aromatic carbocycles. The summed E-state index contributed by atoms with van der Waals surface area (Å²) in [6.07, 6.45) is 0. The normalized spacial score (nSPS) is 10.5. The van der Waals surface area contributed by atoms with Crippen LogP contribution in [0.5, 0.6) is 0 Å². The third kappa shape index (κ3) is 39.0. The van der Waals surface area contributed by atoms with E-state index in [9.17, 15) is 4.79 Å². The number of hydrogen-bond donors (Lipinski definition) is 2. The van der Waals surface area contributed by atoms with Crippen LogP contribution in [0, 0.1) is 10.2 Å². The van der Waals surface area contributed by atoms with Gasteiger partial charge in [0.15, 0.2) is 0 Å². The molecule has 2 N–H and O–H groups in total. The second-order valence-electron chi connectivity index (χ2n) is 1.03. The summed E-state index contributed by atoms with van der Waals surface area (Å²) in [6, 6.07) is 0. The Hall–Kier alpha value is 0.180. The predicted molar refractivity (Wildman–Crippen MR) is 25.3 cm³/mol. The standard InChI is InChI=1S/C2H2Cl2O2.ClHO4/c3-1(4)2(5)6;2-1(3,4)5/h1H,(H,5,6);(H,2,3,4,5). The first-order valence-electron chi connectivity index (χ1n) is 1.78. The second kappa shape index (κ2) is 5.78. The fraction of sp³-hybridized carbons (Fsp3) is 0.500. The van der Waals surface area contributed by atoms with Crippen LogP contribution in [0.1, 0.15) is 0 Å². The molecule has 0 atom stereocenters. The van der Waals surface area contributed by atoms with Crippen LogP contribution in [0.15, 0.2) is 0 Å². The fourth-order valence-corrected chi connectivity index (χ4v) is 0. The molecule has 0 aliphatic heterocycles. The fourth-order valence-electron chi connectivity index (χ4n) is 0. The van der Waals surface area contributed by atoms with Gasteiger partial charge in [0, 0.05) is 0 Å². The summed E-state index contributed by atoms with van der Waals surface area (Å²) in [5.41, 5.74) is 0. The number of carboxylic acids is 1. The summed E-state index contributed by atoms with van der Waals surface area (Å²) in [4.78, 5) is 8.15. The Morgan fingerprint density at radius 1 is 1.36 bits per heavy atom. The third-order valence-electron chi connectivity index (χ3n) is 0.187. The summed E-state index contributed by atoms with van der Waals surface area (Å²) >= 11 is 9.56. The number of carboxylic acid groups (broad SMARTS) is 1. The summed E-state index contributed by atoms with van der Waals surface area (Å²) < 4.78 is 32.7. The molecule has 6 nitrogen and oxygen atoms in total. The summed E-state index contributed by atoms with van der Waals surface area (Å²) in [7, 11) is -4.69. The zero-order chi connectivity index (χ0) is 9.65. The van der Waals surface area contributed by atoms with Crippen LogP contribution in [0.3, 0.4) is 0 Å². The van der Waals surface area contributed by atoms with Crippen molar-refractivity contribution >= 4 is 29.2 Å². The maximum absolute atomic E-state index is 9.44. The summed E-state index contributed by atoms with van der Waals surface area (Å²) in [5, 5.41) is 7.73. The molecular weight excluding hydrogens is 226 g/mol. The topological polar surface area (TPSA) is 127 Å². The average molecular weight is 229 g/mol. The van der Waals surface area contributed by atoms with E-state index < -0.39 is 21.0 Å². The Bertz CT molecular complexity index is 111. The smallest absolute Gasteiger partial charge is 0.337 e. The average Bonchev–Trinajstić information content (AvgIpc) is 1.59. The Morgan fingerprint density at radius 3 is 1.45 bits per heavy atom. The monoisotopic (exact) mass is 228 g/mol. The maximum Gasteiger partial charge on any atom is 0.337 e. The molecule has 0 amide bonds. The molecule has 68 valence electrons. The number of carbonyl (C=O) groups is 1. The lowest BCUT2D eigenvalue weighted by molar-refractivity contribution is -1.92. The lowest BCUT2D eigenvalue weighted by atomic mass is 10.8. The molecule has 0 aromatic heterocycles. The van der Waals surface area contributed by atoms with Crippen molar-refractivity contribution in [3.8, 4) is 0 Å². The molecule has 0 rings (SSSR count). The van der Waals surface area contributed by atoms with E-state index in [2.05, 4.69) is 0 Å². The predicted octanol–water partition coefficient (Wildman–Crippen LogP) is -3.25. The Balaban J connectivity index is 0. The number of rotatable bonds is 1. The largest absolute Gasteiger partial charge is 0.479 e. The van der Waals surface area contributed by atoms with Gasteiger partial charge in [-0.15, -0.1) is 0 Å². The molecule has 9 heteroatoms. The molecule has 0 aliphatic rings. The van der Waals surface area contributed by atoms with Gasteiger partial charge in [-0.05, 0) is 0 Å². The van der Waals surface area contributed by atoms with E-state index in [0.717, 1.165) is 0 Å². The molecular formula is C2H3Cl3O6. The van der Waals surface area contributed by atoms with Crippen molar-refractivity contribution in [2.24, 2.45) is 0 Å². The molecule has 0 fully saturated rings. The van der Waals surface area contributed by atoms with E-state index in [1.807, 2.05) is 0 Å². The highest BCUT2D eigenvalue weighted by molar-refractivity contribution is 6.52. The molecule has 0 spiro atoms. The maximum atomic E-state index is 9.44. The quantitative estimate of drug-likeness (QED) is 0.455. The first-order chi connectivity index (χ1) is 4.64. The minimum atomic E-state index is -4.69. The lowest BCUT2D eigenvalue weighted by Gasteiger charge is -2.03. The highest BCUT2D eigenvalue weighted by Crippen LogP contribution is 1.98. The number of halogens is 3. The van der Waals surface area contributed by atoms with Crippen molar-refractivity contribution < 1.29 is 38.8 Å². The van der Waals surface area contributed by atoms with Crippen LogP contribution < -0.4 is 14.0 Å². The van der Waals surface area contributed by atoms with E-state index in [1.54, 1.807) is 0 Å². The van der Waals surface area contributed by atoms with Crippen LogP contribution in [0.4, 0.5) is 0 Å². The van der Waals surface area contributed by atoms with Crippen molar-refractivity contribution in [3.63, 3.8) is 0 Å². The lowest BCUT2D eigenvalue weighted by Crippen LogP contribution is -2.58.